The van der Waals surface area contributed by atoms with Crippen LogP contribution < -0.4 is 5.32 Å². The fraction of sp³-hybridized carbons (Fsp3) is 0.600. The lowest BCUT2D eigenvalue weighted by Crippen LogP contribution is -2.47. The van der Waals surface area contributed by atoms with Gasteiger partial charge < -0.3 is 15.0 Å². The molecule has 2 aliphatic heterocycles. The second-order valence-corrected chi connectivity index (χ2v) is 7.40. The van der Waals surface area contributed by atoms with Crippen molar-refractivity contribution in [3.05, 3.63) is 36.3 Å². The number of allylic oxidation sites excluding steroid dienone is 3. The molecule has 0 atom stereocenters. The molecule has 6 heteroatoms. The molecule has 0 spiro atoms. The number of amides is 2. The maximum absolute atomic E-state index is 12.4. The van der Waals surface area contributed by atoms with Crippen molar-refractivity contribution in [2.75, 3.05) is 19.7 Å². The molecule has 2 heterocycles. The number of nitrogens with one attached hydrogen (secondary N) is 1. The highest BCUT2D eigenvalue weighted by Gasteiger charge is 2.31. The van der Waals surface area contributed by atoms with E-state index in [9.17, 15) is 9.59 Å². The molecule has 142 valence electrons. The number of carbonyl (C=O) groups is 2. The summed E-state index contributed by atoms with van der Waals surface area (Å²) in [4.78, 5) is 27.9. The molecule has 1 N–H and O–H groups in total. The first-order valence-corrected chi connectivity index (χ1v) is 9.64. The normalized spacial score (nSPS) is 26.0. The first-order valence-electron chi connectivity index (χ1n) is 9.64. The zero-order valence-corrected chi connectivity index (χ0v) is 15.7. The van der Waals surface area contributed by atoms with Crippen LogP contribution in [0.4, 0.5) is 4.79 Å². The van der Waals surface area contributed by atoms with Crippen molar-refractivity contribution in [3.63, 3.8) is 0 Å². The Morgan fingerprint density at radius 3 is 2.62 bits per heavy atom. The van der Waals surface area contributed by atoms with E-state index in [0.29, 0.717) is 12.6 Å². The molecule has 2 amide bonds. The summed E-state index contributed by atoms with van der Waals surface area (Å²) in [6.07, 6.45) is 12.8. The monoisotopic (exact) mass is 359 g/mol. The number of hydrogen-bond acceptors (Lipinski definition) is 4. The fourth-order valence-corrected chi connectivity index (χ4v) is 3.77. The summed E-state index contributed by atoms with van der Waals surface area (Å²) in [7, 11) is 0. The summed E-state index contributed by atoms with van der Waals surface area (Å²) in [5, 5.41) is 3.20. The van der Waals surface area contributed by atoms with Crippen molar-refractivity contribution in [3.8, 4) is 0 Å². The topological polar surface area (TPSA) is 61.9 Å². The number of nitrogens with zero attached hydrogens (tertiary/aromatic N) is 2. The Kier molecular flexibility index (Phi) is 6.01. The van der Waals surface area contributed by atoms with Crippen molar-refractivity contribution >= 4 is 12.0 Å². The standard InChI is InChI=1S/C20H29N3O3/c1-3-26-20(25)23-9-4-5-18(8-12-23)22-10-6-16(7-11-22)19(24)21-17-13-15(2)14-17/h4-5,8-9,12,15-17H,3,6-7,10-11,13-14H2,1-2H3,(H,21,24). The van der Waals surface area contributed by atoms with Gasteiger partial charge in [0.15, 0.2) is 0 Å². The third kappa shape index (κ3) is 4.48. The Bertz CT molecular complexity index is 612. The predicted molar refractivity (Wildman–Crippen MR) is 99.8 cm³/mol. The van der Waals surface area contributed by atoms with Gasteiger partial charge in [0.25, 0.3) is 0 Å². The zero-order valence-electron chi connectivity index (χ0n) is 15.7. The Balaban J connectivity index is 1.48. The third-order valence-corrected chi connectivity index (χ3v) is 5.35. The molecule has 0 aromatic rings. The Morgan fingerprint density at radius 2 is 1.96 bits per heavy atom. The van der Waals surface area contributed by atoms with Gasteiger partial charge in [0, 0.05) is 43.1 Å². The van der Waals surface area contributed by atoms with Crippen LogP contribution in [0.5, 0.6) is 0 Å². The molecule has 0 aromatic heterocycles. The first-order chi connectivity index (χ1) is 12.6. The van der Waals surface area contributed by atoms with E-state index in [1.807, 2.05) is 18.2 Å². The number of ether oxygens (including phenoxy) is 1. The van der Waals surface area contributed by atoms with Gasteiger partial charge in [-0.3, -0.25) is 9.69 Å². The van der Waals surface area contributed by atoms with E-state index in [0.717, 1.165) is 50.4 Å². The minimum atomic E-state index is -0.379. The predicted octanol–water partition coefficient (Wildman–Crippen LogP) is 3.00. The molecule has 1 saturated carbocycles. The molecule has 6 nitrogen and oxygen atoms in total. The fourth-order valence-electron chi connectivity index (χ4n) is 3.77. The highest BCUT2D eigenvalue weighted by molar-refractivity contribution is 5.79. The van der Waals surface area contributed by atoms with Crippen LogP contribution in [0.25, 0.3) is 0 Å². The number of rotatable bonds is 4. The Hall–Kier alpha value is -2.24. The van der Waals surface area contributed by atoms with Gasteiger partial charge in [0.05, 0.1) is 6.61 Å². The van der Waals surface area contributed by atoms with Crippen LogP contribution in [-0.4, -0.2) is 47.5 Å². The molecule has 0 bridgehead atoms. The average molecular weight is 359 g/mol. The smallest absolute Gasteiger partial charge is 0.417 e. The van der Waals surface area contributed by atoms with E-state index >= 15 is 0 Å². The van der Waals surface area contributed by atoms with E-state index in [-0.39, 0.29) is 17.9 Å². The second-order valence-electron chi connectivity index (χ2n) is 7.40. The van der Waals surface area contributed by atoms with Gasteiger partial charge >= 0.3 is 6.09 Å². The summed E-state index contributed by atoms with van der Waals surface area (Å²) < 4.78 is 5.01. The van der Waals surface area contributed by atoms with Crippen LogP contribution in [0.2, 0.25) is 0 Å². The number of carbonyl (C=O) groups excluding carboxylic acids is 2. The molecule has 1 saturated heterocycles. The van der Waals surface area contributed by atoms with E-state index in [4.69, 9.17) is 4.74 Å². The highest BCUT2D eigenvalue weighted by atomic mass is 16.5. The molecule has 0 radical (unpaired) electrons. The summed E-state index contributed by atoms with van der Waals surface area (Å²) in [5.41, 5.74) is 1.06. The maximum Gasteiger partial charge on any atom is 0.417 e. The zero-order chi connectivity index (χ0) is 18.5. The summed E-state index contributed by atoms with van der Waals surface area (Å²) >= 11 is 0. The van der Waals surface area contributed by atoms with Gasteiger partial charge in [0.1, 0.15) is 0 Å². The Labute approximate surface area is 155 Å². The average Bonchev–Trinajstić information content (AvgIpc) is 2.87. The van der Waals surface area contributed by atoms with Crippen LogP contribution in [-0.2, 0) is 9.53 Å². The minimum absolute atomic E-state index is 0.115. The molecule has 3 aliphatic rings. The van der Waals surface area contributed by atoms with Crippen LogP contribution in [0.15, 0.2) is 36.3 Å². The molecular formula is C20H29N3O3. The summed E-state index contributed by atoms with van der Waals surface area (Å²) in [6, 6.07) is 0.391. The number of likely N-dealkylation sites (tertiary alicyclic amines) is 1. The van der Waals surface area contributed by atoms with E-state index in [1.165, 1.54) is 4.90 Å². The van der Waals surface area contributed by atoms with Gasteiger partial charge in [-0.1, -0.05) is 6.92 Å². The van der Waals surface area contributed by atoms with Gasteiger partial charge in [-0.05, 0) is 56.8 Å². The molecule has 0 unspecified atom stereocenters. The molecule has 26 heavy (non-hydrogen) atoms. The molecule has 2 fully saturated rings. The summed E-state index contributed by atoms with van der Waals surface area (Å²) in [6.45, 7) is 6.07. The highest BCUT2D eigenvalue weighted by Crippen LogP contribution is 2.28. The largest absolute Gasteiger partial charge is 0.449 e. The van der Waals surface area contributed by atoms with Crippen molar-refractivity contribution in [1.82, 2.24) is 15.1 Å². The lowest BCUT2D eigenvalue weighted by molar-refractivity contribution is -0.127. The third-order valence-electron chi connectivity index (χ3n) is 5.35. The minimum Gasteiger partial charge on any atom is -0.449 e. The van der Waals surface area contributed by atoms with E-state index in [1.54, 1.807) is 19.3 Å². The number of hydrogen-bond donors (Lipinski definition) is 1. The van der Waals surface area contributed by atoms with Crippen LogP contribution in [0, 0.1) is 11.8 Å². The van der Waals surface area contributed by atoms with Crippen LogP contribution in [0.3, 0.4) is 0 Å². The molecule has 0 aromatic carbocycles. The van der Waals surface area contributed by atoms with Crippen LogP contribution >= 0.6 is 0 Å². The van der Waals surface area contributed by atoms with Crippen molar-refractivity contribution < 1.29 is 14.3 Å². The summed E-state index contributed by atoms with van der Waals surface area (Å²) in [5.74, 6) is 1.09. The molecule has 1 aliphatic carbocycles. The first kappa shape index (κ1) is 18.5. The van der Waals surface area contributed by atoms with Crippen LogP contribution in [0.1, 0.15) is 39.5 Å². The molecular weight excluding hydrogens is 330 g/mol. The van der Waals surface area contributed by atoms with Crippen molar-refractivity contribution in [2.45, 2.75) is 45.6 Å². The van der Waals surface area contributed by atoms with Gasteiger partial charge in [-0.15, -0.1) is 0 Å². The van der Waals surface area contributed by atoms with Gasteiger partial charge in [-0.2, -0.15) is 0 Å². The van der Waals surface area contributed by atoms with E-state index in [2.05, 4.69) is 17.1 Å². The van der Waals surface area contributed by atoms with Gasteiger partial charge in [0.2, 0.25) is 5.91 Å². The molecule has 3 rings (SSSR count). The SMILES string of the molecule is CCOC(=O)N1C=CC=C(N2CCC(C(=O)NC3CC(C)C3)CC2)C=C1. The van der Waals surface area contributed by atoms with Crippen molar-refractivity contribution in [2.24, 2.45) is 11.8 Å². The maximum atomic E-state index is 12.4. The van der Waals surface area contributed by atoms with E-state index < -0.39 is 0 Å². The quantitative estimate of drug-likeness (QED) is 0.838. The van der Waals surface area contributed by atoms with Crippen molar-refractivity contribution in [1.29, 1.82) is 0 Å². The lowest BCUT2D eigenvalue weighted by atomic mass is 9.81. The number of piperidine rings is 1. The Morgan fingerprint density at radius 1 is 1.23 bits per heavy atom. The van der Waals surface area contributed by atoms with Gasteiger partial charge in [-0.25, -0.2) is 4.79 Å². The second kappa shape index (κ2) is 8.43. The lowest BCUT2D eigenvalue weighted by Gasteiger charge is -2.37.